The Kier molecular flexibility index (Phi) is 3.27. The van der Waals surface area contributed by atoms with E-state index in [2.05, 4.69) is 5.32 Å². The molecule has 1 saturated heterocycles. The molecule has 4 heteroatoms. The highest BCUT2D eigenvalue weighted by atomic mass is 16.7. The molecule has 0 bridgehead atoms. The summed E-state index contributed by atoms with van der Waals surface area (Å²) in [5.41, 5.74) is -0.263. The lowest BCUT2D eigenvalue weighted by Crippen LogP contribution is -2.44. The molecule has 1 amide bonds. The Bertz CT molecular complexity index is 185. The van der Waals surface area contributed by atoms with E-state index in [1.54, 1.807) is 0 Å². The lowest BCUT2D eigenvalue weighted by molar-refractivity contribution is -0.122. The van der Waals surface area contributed by atoms with Crippen molar-refractivity contribution >= 4 is 5.91 Å². The molecule has 0 unspecified atom stereocenters. The number of carbonyl (C=O) groups excluding carboxylic acids is 1. The molecule has 1 N–H and O–H groups in total. The van der Waals surface area contributed by atoms with E-state index in [4.69, 9.17) is 9.47 Å². The topological polar surface area (TPSA) is 47.6 Å². The van der Waals surface area contributed by atoms with Crippen molar-refractivity contribution in [3.63, 3.8) is 0 Å². The summed E-state index contributed by atoms with van der Waals surface area (Å²) in [4.78, 5) is 10.8. The molecule has 1 heterocycles. The lowest BCUT2D eigenvalue weighted by Gasteiger charge is -2.27. The van der Waals surface area contributed by atoms with Crippen molar-refractivity contribution in [3.05, 3.63) is 0 Å². The van der Waals surface area contributed by atoms with Crippen molar-refractivity contribution < 1.29 is 14.3 Å². The Hall–Kier alpha value is -0.610. The van der Waals surface area contributed by atoms with Crippen molar-refractivity contribution in [2.24, 2.45) is 0 Å². The van der Waals surface area contributed by atoms with Gasteiger partial charge in [-0.25, -0.2) is 0 Å². The molecule has 0 saturated carbocycles. The van der Waals surface area contributed by atoms with Crippen LogP contribution in [-0.4, -0.2) is 30.9 Å². The first-order chi connectivity index (χ1) is 5.99. The quantitative estimate of drug-likeness (QED) is 0.706. The number of nitrogens with one attached hydrogen (secondary N) is 1. The number of ether oxygens (including phenoxy) is 2. The van der Waals surface area contributed by atoms with E-state index in [0.29, 0.717) is 19.6 Å². The van der Waals surface area contributed by atoms with Gasteiger partial charge in [0.2, 0.25) is 5.91 Å². The smallest absolute Gasteiger partial charge is 0.217 e. The van der Waals surface area contributed by atoms with Crippen LogP contribution in [0.5, 0.6) is 0 Å². The average Bonchev–Trinajstić information content (AvgIpc) is 2.34. The normalized spacial score (nSPS) is 19.0. The van der Waals surface area contributed by atoms with Gasteiger partial charge in [-0.1, -0.05) is 0 Å². The van der Waals surface area contributed by atoms with E-state index in [0.717, 1.165) is 0 Å². The van der Waals surface area contributed by atoms with Crippen LogP contribution in [0.2, 0.25) is 0 Å². The van der Waals surface area contributed by atoms with E-state index in [9.17, 15) is 4.79 Å². The average molecular weight is 187 g/mol. The second-order valence-electron chi connectivity index (χ2n) is 3.94. The second kappa shape index (κ2) is 4.07. The van der Waals surface area contributed by atoms with Gasteiger partial charge in [0.05, 0.1) is 13.2 Å². The predicted molar refractivity (Wildman–Crippen MR) is 48.2 cm³/mol. The minimum absolute atomic E-state index is 0.0250. The largest absolute Gasteiger partial charge is 0.351 e. The summed E-state index contributed by atoms with van der Waals surface area (Å²) in [7, 11) is 0. The fraction of sp³-hybridized carbons (Fsp3) is 0.889. The first kappa shape index (κ1) is 10.5. The van der Waals surface area contributed by atoms with Crippen LogP contribution in [0.25, 0.3) is 0 Å². The molecule has 0 aromatic carbocycles. The summed E-state index contributed by atoms with van der Waals surface area (Å²) in [5, 5.41) is 2.85. The fourth-order valence-electron chi connectivity index (χ4n) is 1.47. The first-order valence-corrected chi connectivity index (χ1v) is 4.51. The number of carbonyl (C=O) groups is 1. The van der Waals surface area contributed by atoms with Crippen molar-refractivity contribution in [2.75, 3.05) is 13.2 Å². The van der Waals surface area contributed by atoms with E-state index >= 15 is 0 Å². The zero-order valence-electron chi connectivity index (χ0n) is 8.42. The molecular weight excluding hydrogens is 170 g/mol. The highest BCUT2D eigenvalue weighted by Crippen LogP contribution is 2.17. The van der Waals surface area contributed by atoms with Gasteiger partial charge in [-0.2, -0.15) is 0 Å². The number of hydrogen-bond donors (Lipinski definition) is 1. The standard InChI is InChI=1S/C9H17NO3/c1-7(11)10-9(2,3)6-8-12-4-5-13-8/h8H,4-6H2,1-3H3,(H,10,11). The molecule has 0 aliphatic carbocycles. The maximum absolute atomic E-state index is 10.8. The Morgan fingerprint density at radius 1 is 1.46 bits per heavy atom. The van der Waals surface area contributed by atoms with E-state index in [-0.39, 0.29) is 17.7 Å². The van der Waals surface area contributed by atoms with E-state index < -0.39 is 0 Å². The summed E-state index contributed by atoms with van der Waals surface area (Å²) < 4.78 is 10.6. The molecule has 0 spiro atoms. The van der Waals surface area contributed by atoms with E-state index in [1.807, 2.05) is 13.8 Å². The van der Waals surface area contributed by atoms with Crippen molar-refractivity contribution in [1.82, 2.24) is 5.32 Å². The number of rotatable bonds is 3. The molecule has 0 aromatic rings. The Labute approximate surface area is 78.6 Å². The van der Waals surface area contributed by atoms with Crippen molar-refractivity contribution in [1.29, 1.82) is 0 Å². The molecule has 4 nitrogen and oxygen atoms in total. The fourth-order valence-corrected chi connectivity index (χ4v) is 1.47. The minimum atomic E-state index is -0.263. The van der Waals surface area contributed by atoms with Crippen LogP contribution in [-0.2, 0) is 14.3 Å². The molecule has 1 rings (SSSR count). The summed E-state index contributed by atoms with van der Waals surface area (Å²) in [6, 6.07) is 0. The molecule has 0 atom stereocenters. The predicted octanol–water partition coefficient (Wildman–Crippen LogP) is 0.664. The summed E-state index contributed by atoms with van der Waals surface area (Å²) >= 11 is 0. The maximum atomic E-state index is 10.8. The minimum Gasteiger partial charge on any atom is -0.351 e. The molecule has 13 heavy (non-hydrogen) atoms. The number of amides is 1. The molecular formula is C9H17NO3. The number of hydrogen-bond acceptors (Lipinski definition) is 3. The summed E-state index contributed by atoms with van der Waals surface area (Å²) in [5.74, 6) is -0.0250. The monoisotopic (exact) mass is 187 g/mol. The van der Waals surface area contributed by atoms with Gasteiger partial charge < -0.3 is 14.8 Å². The van der Waals surface area contributed by atoms with E-state index in [1.165, 1.54) is 6.92 Å². The van der Waals surface area contributed by atoms with Gasteiger partial charge >= 0.3 is 0 Å². The second-order valence-corrected chi connectivity index (χ2v) is 3.94. The Morgan fingerprint density at radius 3 is 2.46 bits per heavy atom. The zero-order valence-corrected chi connectivity index (χ0v) is 8.42. The van der Waals surface area contributed by atoms with Crippen LogP contribution >= 0.6 is 0 Å². The van der Waals surface area contributed by atoms with Crippen LogP contribution in [0.15, 0.2) is 0 Å². The maximum Gasteiger partial charge on any atom is 0.217 e. The van der Waals surface area contributed by atoms with Gasteiger partial charge in [-0.15, -0.1) is 0 Å². The SMILES string of the molecule is CC(=O)NC(C)(C)CC1OCCO1. The van der Waals surface area contributed by atoms with Crippen LogP contribution in [0.4, 0.5) is 0 Å². The van der Waals surface area contributed by atoms with Crippen molar-refractivity contribution in [2.45, 2.75) is 39.0 Å². The van der Waals surface area contributed by atoms with Gasteiger partial charge in [0.25, 0.3) is 0 Å². The van der Waals surface area contributed by atoms with Crippen LogP contribution < -0.4 is 5.32 Å². The molecule has 0 radical (unpaired) electrons. The highest BCUT2D eigenvalue weighted by Gasteiger charge is 2.27. The zero-order chi connectivity index (χ0) is 9.90. The summed E-state index contributed by atoms with van der Waals surface area (Å²) in [6.07, 6.45) is 0.522. The third-order valence-electron chi connectivity index (χ3n) is 1.88. The van der Waals surface area contributed by atoms with Crippen LogP contribution in [0, 0.1) is 0 Å². The molecule has 1 fully saturated rings. The van der Waals surface area contributed by atoms with Gasteiger partial charge in [-0.05, 0) is 13.8 Å². The Balaban J connectivity index is 2.35. The van der Waals surface area contributed by atoms with Gasteiger partial charge in [-0.3, -0.25) is 4.79 Å². The van der Waals surface area contributed by atoms with Gasteiger partial charge in [0.15, 0.2) is 6.29 Å². The molecule has 76 valence electrons. The molecule has 1 aliphatic heterocycles. The molecule has 0 aromatic heterocycles. The first-order valence-electron chi connectivity index (χ1n) is 4.51. The summed E-state index contributed by atoms with van der Waals surface area (Å²) in [6.45, 7) is 6.73. The Morgan fingerprint density at radius 2 is 2.00 bits per heavy atom. The van der Waals surface area contributed by atoms with Crippen molar-refractivity contribution in [3.8, 4) is 0 Å². The third-order valence-corrected chi connectivity index (χ3v) is 1.88. The van der Waals surface area contributed by atoms with Crippen LogP contribution in [0.3, 0.4) is 0 Å². The molecule has 1 aliphatic rings. The van der Waals surface area contributed by atoms with Gasteiger partial charge in [0, 0.05) is 18.9 Å². The lowest BCUT2D eigenvalue weighted by atomic mass is 10.0. The highest BCUT2D eigenvalue weighted by molar-refractivity contribution is 5.73. The van der Waals surface area contributed by atoms with Crippen LogP contribution in [0.1, 0.15) is 27.2 Å². The van der Waals surface area contributed by atoms with Gasteiger partial charge in [0.1, 0.15) is 0 Å². The third kappa shape index (κ3) is 3.74.